The van der Waals surface area contributed by atoms with E-state index in [0.29, 0.717) is 46.1 Å². The molecular weight excluding hydrogens is 794 g/mol. The van der Waals surface area contributed by atoms with Crippen molar-refractivity contribution in [3.8, 4) is 22.8 Å². The number of fused-ring (bicyclic) bond motifs is 6. The number of benzene rings is 2. The first kappa shape index (κ1) is 38.4. The topological polar surface area (TPSA) is 150 Å². The van der Waals surface area contributed by atoms with Crippen LogP contribution < -0.4 is 11.1 Å². The summed E-state index contributed by atoms with van der Waals surface area (Å²) >= 11 is 5.93. The van der Waals surface area contributed by atoms with Gasteiger partial charge in [0.05, 0.1) is 24.8 Å². The van der Waals surface area contributed by atoms with Crippen molar-refractivity contribution in [3.05, 3.63) is 160 Å². The molecule has 0 fully saturated rings. The van der Waals surface area contributed by atoms with Crippen LogP contribution in [0.25, 0.3) is 45.2 Å². The van der Waals surface area contributed by atoms with Crippen molar-refractivity contribution in [2.45, 2.75) is 63.5 Å². The maximum atomic E-state index is 13.7. The Morgan fingerprint density at radius 3 is 1.84 bits per heavy atom. The van der Waals surface area contributed by atoms with Crippen molar-refractivity contribution >= 4 is 40.0 Å². The largest absolute Gasteiger partial charge is 0.351 e. The van der Waals surface area contributed by atoms with Crippen LogP contribution in [0.1, 0.15) is 60.8 Å². The third kappa shape index (κ3) is 7.87. The van der Waals surface area contributed by atoms with Gasteiger partial charge in [0.25, 0.3) is 0 Å². The number of halogens is 3. The lowest BCUT2D eigenvalue weighted by atomic mass is 9.88. The van der Waals surface area contributed by atoms with E-state index in [1.165, 1.54) is 76.1 Å². The monoisotopic (exact) mass is 832 g/mol. The molecule has 0 spiro atoms. The van der Waals surface area contributed by atoms with Gasteiger partial charge in [0.1, 0.15) is 11.6 Å². The summed E-state index contributed by atoms with van der Waals surface area (Å²) in [4.78, 5) is 25.1. The lowest BCUT2D eigenvalue weighted by Gasteiger charge is -2.26. The minimum atomic E-state index is -0.449. The minimum Gasteiger partial charge on any atom is -0.351 e. The van der Waals surface area contributed by atoms with Crippen LogP contribution in [0.15, 0.2) is 121 Å². The zero-order valence-corrected chi connectivity index (χ0v) is 33.6. The van der Waals surface area contributed by atoms with Crippen LogP contribution in [-0.4, -0.2) is 61.2 Å². The molecule has 0 saturated heterocycles. The maximum Gasteiger partial charge on any atom is 0.228 e. The van der Waals surface area contributed by atoms with E-state index in [1.54, 1.807) is 45.9 Å². The molecule has 304 valence electrons. The first-order valence-electron chi connectivity index (χ1n) is 20.2. The molecule has 4 aliphatic rings. The van der Waals surface area contributed by atoms with Crippen molar-refractivity contribution < 1.29 is 8.78 Å². The third-order valence-electron chi connectivity index (χ3n) is 11.6. The van der Waals surface area contributed by atoms with Crippen molar-refractivity contribution in [1.29, 1.82) is 0 Å². The average Bonchev–Trinajstić information content (AvgIpc) is 4.09. The Hall–Kier alpha value is -6.77. The Morgan fingerprint density at radius 1 is 0.639 bits per heavy atom. The highest BCUT2D eigenvalue weighted by Crippen LogP contribution is 2.43. The van der Waals surface area contributed by atoms with Crippen LogP contribution in [0.2, 0.25) is 5.28 Å². The number of anilines is 1. The average molecular weight is 833 g/mol. The quantitative estimate of drug-likeness (QED) is 0.176. The molecular formula is C46H39ClF2N12. The SMILES string of the molecule is Fc1cncc(-c2nc(Cl)n3nccc3n2)c1.Fc1cncc(-c2nc(N[C@@H]3CCC4=C(C3)c3ccccc3C4)n3nccc3n2)c1.N[C@@H]1CCC2=C(C1)c1ccccc1C2. The van der Waals surface area contributed by atoms with Crippen molar-refractivity contribution in [2.24, 2.45) is 5.73 Å². The van der Waals surface area contributed by atoms with Gasteiger partial charge in [-0.15, -0.1) is 0 Å². The molecule has 61 heavy (non-hydrogen) atoms. The molecule has 12 nitrogen and oxygen atoms in total. The summed E-state index contributed by atoms with van der Waals surface area (Å²) in [5.41, 5.74) is 20.3. The van der Waals surface area contributed by atoms with Gasteiger partial charge < -0.3 is 11.1 Å². The molecule has 6 aromatic heterocycles. The standard InChI is InChI=1S/C23H19FN6.C13H15N.C10H5ClFN5/c24-17-10-16(12-25-13-17)22-28-21-7-8-26-30(21)23(29-22)27-18-6-5-15-9-14-3-1-2-4-19(14)20(15)11-18;14-11-6-5-10-7-9-3-1-2-4-12(9)13(10)8-11;11-10-16-9(6-3-7(12)5-13-4-6)15-8-1-2-14-17(8)10/h1-4,7-8,10,12-13,18H,5-6,9,11H2,(H,27,28,29);1-4,11H,5-8,14H2;1-5H/t18-;11-;/m11./s1. The Morgan fingerprint density at radius 2 is 1.20 bits per heavy atom. The molecule has 2 atom stereocenters. The number of pyridine rings is 2. The number of rotatable bonds is 4. The van der Waals surface area contributed by atoms with E-state index >= 15 is 0 Å². The summed E-state index contributed by atoms with van der Waals surface area (Å²) in [5, 5.41) is 12.1. The normalized spacial score (nSPS) is 17.5. The highest BCUT2D eigenvalue weighted by molar-refractivity contribution is 6.28. The molecule has 8 aromatic rings. The van der Waals surface area contributed by atoms with Gasteiger partial charge in [0, 0.05) is 47.7 Å². The van der Waals surface area contributed by atoms with E-state index in [9.17, 15) is 8.78 Å². The van der Waals surface area contributed by atoms with Gasteiger partial charge in [-0.2, -0.15) is 29.2 Å². The molecule has 3 N–H and O–H groups in total. The van der Waals surface area contributed by atoms with E-state index in [1.807, 2.05) is 6.07 Å². The van der Waals surface area contributed by atoms with E-state index < -0.39 is 11.6 Å². The molecule has 0 bridgehead atoms. The summed E-state index contributed by atoms with van der Waals surface area (Å²) in [7, 11) is 0. The molecule has 15 heteroatoms. The fraction of sp³-hybridized carbons (Fsp3) is 0.217. The second-order valence-electron chi connectivity index (χ2n) is 15.6. The summed E-state index contributed by atoms with van der Waals surface area (Å²) < 4.78 is 29.8. The first-order valence-corrected chi connectivity index (χ1v) is 20.6. The van der Waals surface area contributed by atoms with Gasteiger partial charge in [0.2, 0.25) is 11.2 Å². The molecule has 0 saturated carbocycles. The highest BCUT2D eigenvalue weighted by atomic mass is 35.5. The number of nitrogens with two attached hydrogens (primary N) is 1. The van der Waals surface area contributed by atoms with Crippen LogP contribution in [0.5, 0.6) is 0 Å². The van der Waals surface area contributed by atoms with Crippen LogP contribution in [-0.2, 0) is 12.8 Å². The van der Waals surface area contributed by atoms with E-state index in [2.05, 4.69) is 93.9 Å². The fourth-order valence-corrected chi connectivity index (χ4v) is 8.95. The number of hydrogen-bond acceptors (Lipinski definition) is 10. The van der Waals surface area contributed by atoms with Gasteiger partial charge in [-0.05, 0) is 109 Å². The zero-order chi connectivity index (χ0) is 41.5. The van der Waals surface area contributed by atoms with Crippen LogP contribution in [0.3, 0.4) is 0 Å². The number of aromatic nitrogens is 10. The number of hydrogen-bond donors (Lipinski definition) is 2. The Balaban J connectivity index is 0.000000121. The Kier molecular flexibility index (Phi) is 10.3. The van der Waals surface area contributed by atoms with Crippen molar-refractivity contribution in [3.63, 3.8) is 0 Å². The molecule has 6 heterocycles. The van der Waals surface area contributed by atoms with Gasteiger partial charge in [-0.3, -0.25) is 9.97 Å². The maximum absolute atomic E-state index is 13.7. The molecule has 12 rings (SSSR count). The molecule has 4 aliphatic carbocycles. The summed E-state index contributed by atoms with van der Waals surface area (Å²) in [5.74, 6) is 0.500. The summed E-state index contributed by atoms with van der Waals surface area (Å²) in [6.45, 7) is 0. The van der Waals surface area contributed by atoms with Crippen LogP contribution in [0.4, 0.5) is 14.7 Å². The predicted molar refractivity (Wildman–Crippen MR) is 230 cm³/mol. The van der Waals surface area contributed by atoms with E-state index in [4.69, 9.17) is 17.3 Å². The molecule has 0 unspecified atom stereocenters. The minimum absolute atomic E-state index is 0.166. The third-order valence-corrected chi connectivity index (χ3v) is 11.9. The molecule has 0 amide bonds. The Labute approximate surface area is 354 Å². The van der Waals surface area contributed by atoms with Crippen molar-refractivity contribution in [1.82, 2.24) is 49.1 Å². The molecule has 2 aromatic carbocycles. The van der Waals surface area contributed by atoms with E-state index in [0.717, 1.165) is 38.3 Å². The van der Waals surface area contributed by atoms with Crippen LogP contribution >= 0.6 is 11.6 Å². The first-order chi connectivity index (χ1) is 29.8. The van der Waals surface area contributed by atoms with Gasteiger partial charge in [-0.25, -0.2) is 18.7 Å². The number of nitrogens with zero attached hydrogens (tertiary/aromatic N) is 10. The zero-order valence-electron chi connectivity index (χ0n) is 32.9. The van der Waals surface area contributed by atoms with Crippen molar-refractivity contribution in [2.75, 3.05) is 5.32 Å². The lowest BCUT2D eigenvalue weighted by molar-refractivity contribution is 0.600. The Bertz CT molecular complexity index is 3010. The molecule has 0 aliphatic heterocycles. The fourth-order valence-electron chi connectivity index (χ4n) is 8.74. The second kappa shape index (κ2) is 16.4. The number of nitrogens with one attached hydrogen (secondary N) is 1. The predicted octanol–water partition coefficient (Wildman–Crippen LogP) is 8.79. The molecule has 0 radical (unpaired) electrons. The second-order valence-corrected chi connectivity index (χ2v) is 15.9. The van der Waals surface area contributed by atoms with Gasteiger partial charge in [-0.1, -0.05) is 59.7 Å². The summed E-state index contributed by atoms with van der Waals surface area (Å²) in [6, 6.07) is 24.3. The van der Waals surface area contributed by atoms with Crippen LogP contribution in [0, 0.1) is 11.6 Å². The van der Waals surface area contributed by atoms with Gasteiger partial charge in [0.15, 0.2) is 22.9 Å². The number of allylic oxidation sites excluding steroid dienone is 2. The lowest BCUT2D eigenvalue weighted by Crippen LogP contribution is -2.25. The smallest absolute Gasteiger partial charge is 0.228 e. The van der Waals surface area contributed by atoms with Gasteiger partial charge >= 0.3 is 0 Å². The highest BCUT2D eigenvalue weighted by Gasteiger charge is 2.29. The van der Waals surface area contributed by atoms with E-state index in [-0.39, 0.29) is 11.3 Å². The summed E-state index contributed by atoms with van der Waals surface area (Å²) in [6.07, 6.45) is 17.4.